The number of anilines is 1. The van der Waals surface area contributed by atoms with Crippen LogP contribution in [0.4, 0.5) is 5.69 Å². The van der Waals surface area contributed by atoms with Crippen LogP contribution in [0.3, 0.4) is 0 Å². The Morgan fingerprint density at radius 2 is 1.72 bits per heavy atom. The fourth-order valence-corrected chi connectivity index (χ4v) is 2.68. The molecule has 94 valence electrons. The molecule has 0 unspecified atom stereocenters. The molecule has 0 radical (unpaired) electrons. The molecule has 0 fully saturated rings. The SMILES string of the molecule is C/C(=N/Nc1cc(C)cc(C)c1)c1ccc(C)s1. The molecule has 0 aliphatic heterocycles. The van der Waals surface area contributed by atoms with Crippen LogP contribution in [0.15, 0.2) is 35.4 Å². The van der Waals surface area contributed by atoms with Gasteiger partial charge in [-0.25, -0.2) is 0 Å². The first kappa shape index (κ1) is 12.8. The van der Waals surface area contributed by atoms with E-state index in [0.29, 0.717) is 0 Å². The molecule has 1 aromatic heterocycles. The Labute approximate surface area is 112 Å². The number of hydrogen-bond acceptors (Lipinski definition) is 3. The highest BCUT2D eigenvalue weighted by Gasteiger charge is 2.00. The van der Waals surface area contributed by atoms with Gasteiger partial charge in [0.15, 0.2) is 0 Å². The molecule has 0 amide bonds. The molecule has 0 bridgehead atoms. The molecule has 1 N–H and O–H groups in total. The Balaban J connectivity index is 2.14. The maximum atomic E-state index is 4.44. The summed E-state index contributed by atoms with van der Waals surface area (Å²) in [5.41, 5.74) is 7.69. The van der Waals surface area contributed by atoms with E-state index in [0.717, 1.165) is 11.4 Å². The van der Waals surface area contributed by atoms with Crippen LogP contribution in [0.2, 0.25) is 0 Å². The summed E-state index contributed by atoms with van der Waals surface area (Å²) in [4.78, 5) is 2.52. The highest BCUT2D eigenvalue weighted by atomic mass is 32.1. The van der Waals surface area contributed by atoms with Gasteiger partial charge in [-0.3, -0.25) is 5.43 Å². The minimum atomic E-state index is 1.02. The molecular formula is C15H18N2S. The second kappa shape index (κ2) is 5.36. The molecule has 0 spiro atoms. The van der Waals surface area contributed by atoms with Crippen molar-refractivity contribution in [1.29, 1.82) is 0 Å². The van der Waals surface area contributed by atoms with E-state index in [1.54, 1.807) is 11.3 Å². The lowest BCUT2D eigenvalue weighted by Gasteiger charge is -2.05. The van der Waals surface area contributed by atoms with Crippen LogP contribution >= 0.6 is 11.3 Å². The zero-order chi connectivity index (χ0) is 13.1. The number of aryl methyl sites for hydroxylation is 3. The van der Waals surface area contributed by atoms with Gasteiger partial charge in [0.1, 0.15) is 0 Å². The lowest BCUT2D eigenvalue weighted by Crippen LogP contribution is -1.97. The maximum Gasteiger partial charge on any atom is 0.0748 e. The van der Waals surface area contributed by atoms with E-state index in [4.69, 9.17) is 0 Å². The predicted octanol–water partition coefficient (Wildman–Crippen LogP) is 4.51. The lowest BCUT2D eigenvalue weighted by molar-refractivity contribution is 1.29. The molecule has 1 heterocycles. The zero-order valence-electron chi connectivity index (χ0n) is 11.2. The molecule has 2 aromatic rings. The topological polar surface area (TPSA) is 24.4 Å². The third-order valence-corrected chi connectivity index (χ3v) is 3.78. The fourth-order valence-electron chi connectivity index (χ4n) is 1.87. The Bertz CT molecular complexity index is 562. The summed E-state index contributed by atoms with van der Waals surface area (Å²) < 4.78 is 0. The number of rotatable bonds is 3. The van der Waals surface area contributed by atoms with E-state index in [1.807, 2.05) is 6.92 Å². The summed E-state index contributed by atoms with van der Waals surface area (Å²) in [6.45, 7) is 8.33. The summed E-state index contributed by atoms with van der Waals surface area (Å²) in [5.74, 6) is 0. The van der Waals surface area contributed by atoms with Gasteiger partial charge in [-0.05, 0) is 63.1 Å². The van der Waals surface area contributed by atoms with Crippen molar-refractivity contribution in [3.8, 4) is 0 Å². The highest BCUT2D eigenvalue weighted by Crippen LogP contribution is 2.17. The first-order chi connectivity index (χ1) is 8.54. The zero-order valence-corrected chi connectivity index (χ0v) is 12.1. The van der Waals surface area contributed by atoms with Gasteiger partial charge in [0, 0.05) is 4.88 Å². The molecule has 3 heteroatoms. The van der Waals surface area contributed by atoms with Crippen molar-refractivity contribution in [3.05, 3.63) is 51.2 Å². The van der Waals surface area contributed by atoms with E-state index in [1.165, 1.54) is 20.9 Å². The van der Waals surface area contributed by atoms with Crippen LogP contribution in [-0.4, -0.2) is 5.71 Å². The smallest absolute Gasteiger partial charge is 0.0748 e. The van der Waals surface area contributed by atoms with Gasteiger partial charge in [-0.15, -0.1) is 11.3 Å². The van der Waals surface area contributed by atoms with E-state index in [9.17, 15) is 0 Å². The number of nitrogens with one attached hydrogen (secondary N) is 1. The molecule has 0 aliphatic carbocycles. The first-order valence-corrected chi connectivity index (χ1v) is 6.81. The van der Waals surface area contributed by atoms with E-state index < -0.39 is 0 Å². The minimum Gasteiger partial charge on any atom is -0.278 e. The van der Waals surface area contributed by atoms with Crippen molar-refractivity contribution in [1.82, 2.24) is 0 Å². The van der Waals surface area contributed by atoms with Crippen molar-refractivity contribution < 1.29 is 0 Å². The van der Waals surface area contributed by atoms with Crippen molar-refractivity contribution in [2.45, 2.75) is 27.7 Å². The van der Waals surface area contributed by atoms with Gasteiger partial charge in [-0.2, -0.15) is 5.10 Å². The summed E-state index contributed by atoms with van der Waals surface area (Å²) in [6.07, 6.45) is 0. The molecule has 0 atom stereocenters. The van der Waals surface area contributed by atoms with E-state index in [-0.39, 0.29) is 0 Å². The van der Waals surface area contributed by atoms with Crippen molar-refractivity contribution in [2.75, 3.05) is 5.43 Å². The van der Waals surface area contributed by atoms with Crippen LogP contribution < -0.4 is 5.43 Å². The van der Waals surface area contributed by atoms with Gasteiger partial charge >= 0.3 is 0 Å². The van der Waals surface area contributed by atoms with Crippen LogP contribution in [-0.2, 0) is 0 Å². The number of benzene rings is 1. The second-order valence-electron chi connectivity index (χ2n) is 4.60. The third-order valence-electron chi connectivity index (χ3n) is 2.67. The van der Waals surface area contributed by atoms with E-state index in [2.05, 4.69) is 61.6 Å². The molecule has 0 saturated carbocycles. The molecule has 18 heavy (non-hydrogen) atoms. The van der Waals surface area contributed by atoms with Gasteiger partial charge in [-0.1, -0.05) is 6.07 Å². The van der Waals surface area contributed by atoms with Crippen LogP contribution in [0.25, 0.3) is 0 Å². The maximum absolute atomic E-state index is 4.44. The number of thiophene rings is 1. The van der Waals surface area contributed by atoms with Crippen LogP contribution in [0.5, 0.6) is 0 Å². The summed E-state index contributed by atoms with van der Waals surface area (Å²) in [7, 11) is 0. The number of hydrogen-bond donors (Lipinski definition) is 1. The number of hydrazone groups is 1. The summed E-state index contributed by atoms with van der Waals surface area (Å²) in [5, 5.41) is 4.44. The Hall–Kier alpha value is -1.61. The van der Waals surface area contributed by atoms with Gasteiger partial charge in [0.25, 0.3) is 0 Å². The van der Waals surface area contributed by atoms with Crippen molar-refractivity contribution in [2.24, 2.45) is 5.10 Å². The minimum absolute atomic E-state index is 1.02. The van der Waals surface area contributed by atoms with Crippen molar-refractivity contribution >= 4 is 22.7 Å². The lowest BCUT2D eigenvalue weighted by atomic mass is 10.1. The van der Waals surface area contributed by atoms with Gasteiger partial charge in [0.2, 0.25) is 0 Å². The molecule has 2 rings (SSSR count). The molecular weight excluding hydrogens is 240 g/mol. The van der Waals surface area contributed by atoms with Gasteiger partial charge < -0.3 is 0 Å². The molecule has 1 aromatic carbocycles. The molecule has 0 aliphatic rings. The molecule has 2 nitrogen and oxygen atoms in total. The highest BCUT2D eigenvalue weighted by molar-refractivity contribution is 7.14. The number of nitrogens with zero attached hydrogens (tertiary/aromatic N) is 1. The second-order valence-corrected chi connectivity index (χ2v) is 5.88. The average Bonchev–Trinajstić information content (AvgIpc) is 2.71. The van der Waals surface area contributed by atoms with Crippen molar-refractivity contribution in [3.63, 3.8) is 0 Å². The quantitative estimate of drug-likeness (QED) is 0.635. The first-order valence-electron chi connectivity index (χ1n) is 6.00. The third kappa shape index (κ3) is 3.20. The Kier molecular flexibility index (Phi) is 3.82. The predicted molar refractivity (Wildman–Crippen MR) is 80.8 cm³/mol. The standard InChI is InChI=1S/C15H18N2S/c1-10-7-11(2)9-14(8-10)17-16-13(4)15-6-5-12(3)18-15/h5-9,17H,1-4H3/b16-13-. The summed E-state index contributed by atoms with van der Waals surface area (Å²) in [6, 6.07) is 10.6. The fraction of sp³-hybridized carbons (Fsp3) is 0.267. The van der Waals surface area contributed by atoms with Gasteiger partial charge in [0.05, 0.1) is 16.3 Å². The van der Waals surface area contributed by atoms with E-state index >= 15 is 0 Å². The Morgan fingerprint density at radius 3 is 2.28 bits per heavy atom. The summed E-state index contributed by atoms with van der Waals surface area (Å²) >= 11 is 1.77. The average molecular weight is 258 g/mol. The van der Waals surface area contributed by atoms with Crippen LogP contribution in [0.1, 0.15) is 27.8 Å². The van der Waals surface area contributed by atoms with Crippen LogP contribution in [0, 0.1) is 20.8 Å². The molecule has 0 saturated heterocycles. The largest absolute Gasteiger partial charge is 0.278 e. The monoisotopic (exact) mass is 258 g/mol. The Morgan fingerprint density at radius 1 is 1.06 bits per heavy atom. The normalized spacial score (nSPS) is 11.7.